The third kappa shape index (κ3) is 3.58. The first-order valence-electron chi connectivity index (χ1n) is 7.42. The SMILES string of the molecule is CCNC1C(Sc2nc(=O)c(=O)[nH]n2C)CCCC1(C)C. The van der Waals surface area contributed by atoms with Crippen LogP contribution in [0, 0.1) is 5.41 Å². The van der Waals surface area contributed by atoms with Gasteiger partial charge < -0.3 is 5.32 Å². The second-order valence-corrected chi connectivity index (χ2v) is 7.48. The lowest BCUT2D eigenvalue weighted by Crippen LogP contribution is -2.51. The van der Waals surface area contributed by atoms with Crippen molar-refractivity contribution in [3.8, 4) is 0 Å². The number of hydrogen-bond acceptors (Lipinski definition) is 5. The molecule has 1 saturated carbocycles. The maximum absolute atomic E-state index is 11.5. The Labute approximate surface area is 128 Å². The molecule has 0 bridgehead atoms. The van der Waals surface area contributed by atoms with Gasteiger partial charge >= 0.3 is 11.1 Å². The Bertz CT molecular complexity index is 608. The molecule has 7 heteroatoms. The Morgan fingerprint density at radius 3 is 2.86 bits per heavy atom. The molecule has 2 rings (SSSR count). The highest BCUT2D eigenvalue weighted by atomic mass is 32.2. The molecule has 1 aromatic rings. The first kappa shape index (κ1) is 16.3. The quantitative estimate of drug-likeness (QED) is 0.814. The Kier molecular flexibility index (Phi) is 4.93. The van der Waals surface area contributed by atoms with Crippen LogP contribution in [0.1, 0.15) is 40.0 Å². The first-order valence-corrected chi connectivity index (χ1v) is 8.30. The Morgan fingerprint density at radius 2 is 2.19 bits per heavy atom. The van der Waals surface area contributed by atoms with Crippen molar-refractivity contribution < 1.29 is 0 Å². The van der Waals surface area contributed by atoms with Crippen molar-refractivity contribution in [1.29, 1.82) is 0 Å². The first-order chi connectivity index (χ1) is 9.85. The minimum absolute atomic E-state index is 0.215. The predicted molar refractivity (Wildman–Crippen MR) is 84.8 cm³/mol. The zero-order valence-corrected chi connectivity index (χ0v) is 13.9. The summed E-state index contributed by atoms with van der Waals surface area (Å²) < 4.78 is 1.54. The number of aromatic amines is 1. The molecule has 1 fully saturated rings. The van der Waals surface area contributed by atoms with Crippen LogP contribution >= 0.6 is 11.8 Å². The van der Waals surface area contributed by atoms with Crippen molar-refractivity contribution in [2.45, 2.75) is 56.5 Å². The van der Waals surface area contributed by atoms with Gasteiger partial charge in [-0.1, -0.05) is 39.0 Å². The van der Waals surface area contributed by atoms with Gasteiger partial charge in [0.05, 0.1) is 0 Å². The number of aryl methyl sites for hydroxylation is 1. The summed E-state index contributed by atoms with van der Waals surface area (Å²) in [6, 6.07) is 0.366. The third-order valence-corrected chi connectivity index (χ3v) is 5.54. The van der Waals surface area contributed by atoms with Crippen molar-refractivity contribution in [3.05, 3.63) is 20.7 Å². The van der Waals surface area contributed by atoms with Crippen LogP contribution in [0.15, 0.2) is 14.7 Å². The van der Waals surface area contributed by atoms with Gasteiger partial charge in [-0.05, 0) is 24.8 Å². The summed E-state index contributed by atoms with van der Waals surface area (Å²) in [5, 5.41) is 7.01. The predicted octanol–water partition coefficient (Wildman–Crippen LogP) is 1.12. The highest BCUT2D eigenvalue weighted by Gasteiger charge is 2.39. The molecule has 0 saturated heterocycles. The number of rotatable bonds is 4. The van der Waals surface area contributed by atoms with E-state index in [2.05, 4.69) is 36.2 Å². The number of hydrogen-bond donors (Lipinski definition) is 2. The second kappa shape index (κ2) is 6.36. The van der Waals surface area contributed by atoms with Gasteiger partial charge in [-0.3, -0.25) is 19.4 Å². The summed E-state index contributed by atoms with van der Waals surface area (Å²) in [6.07, 6.45) is 3.45. The second-order valence-electron chi connectivity index (χ2n) is 6.27. The molecule has 0 spiro atoms. The van der Waals surface area contributed by atoms with E-state index in [1.165, 1.54) is 12.8 Å². The van der Waals surface area contributed by atoms with Crippen molar-refractivity contribution in [1.82, 2.24) is 20.1 Å². The fraction of sp³-hybridized carbons (Fsp3) is 0.786. The van der Waals surface area contributed by atoms with Crippen LogP contribution in [0.3, 0.4) is 0 Å². The summed E-state index contributed by atoms with van der Waals surface area (Å²) in [7, 11) is 1.71. The third-order valence-electron chi connectivity index (χ3n) is 4.15. The Morgan fingerprint density at radius 1 is 1.48 bits per heavy atom. The van der Waals surface area contributed by atoms with Gasteiger partial charge in [0.1, 0.15) is 0 Å². The number of nitrogens with zero attached hydrogens (tertiary/aromatic N) is 2. The average molecular weight is 312 g/mol. The lowest BCUT2D eigenvalue weighted by atomic mass is 9.73. The van der Waals surface area contributed by atoms with E-state index in [1.54, 1.807) is 23.5 Å². The van der Waals surface area contributed by atoms with Crippen LogP contribution in [0.5, 0.6) is 0 Å². The van der Waals surface area contributed by atoms with Gasteiger partial charge in [0, 0.05) is 18.3 Å². The molecule has 0 aliphatic heterocycles. The summed E-state index contributed by atoms with van der Waals surface area (Å²) in [5.74, 6) is 0. The van der Waals surface area contributed by atoms with E-state index in [0.29, 0.717) is 16.4 Å². The van der Waals surface area contributed by atoms with Crippen LogP contribution in [-0.4, -0.2) is 32.6 Å². The molecule has 1 aliphatic carbocycles. The highest BCUT2D eigenvalue weighted by molar-refractivity contribution is 7.99. The number of aromatic nitrogens is 3. The van der Waals surface area contributed by atoms with Crippen LogP contribution in [0.25, 0.3) is 0 Å². The topological polar surface area (TPSA) is 79.8 Å². The minimum atomic E-state index is -0.717. The van der Waals surface area contributed by atoms with E-state index in [0.717, 1.165) is 13.0 Å². The summed E-state index contributed by atoms with van der Waals surface area (Å²) in [4.78, 5) is 26.7. The highest BCUT2D eigenvalue weighted by Crippen LogP contribution is 2.42. The van der Waals surface area contributed by atoms with Crippen molar-refractivity contribution in [2.75, 3.05) is 6.54 Å². The average Bonchev–Trinajstić information content (AvgIpc) is 2.39. The number of nitrogens with one attached hydrogen (secondary N) is 2. The number of H-pyrrole nitrogens is 1. The monoisotopic (exact) mass is 312 g/mol. The normalized spacial score (nSPS) is 25.0. The zero-order valence-electron chi connectivity index (χ0n) is 13.1. The molecule has 2 N–H and O–H groups in total. The van der Waals surface area contributed by atoms with Crippen LogP contribution < -0.4 is 16.4 Å². The van der Waals surface area contributed by atoms with Crippen molar-refractivity contribution in [2.24, 2.45) is 12.5 Å². The molecule has 21 heavy (non-hydrogen) atoms. The van der Waals surface area contributed by atoms with Crippen molar-refractivity contribution in [3.63, 3.8) is 0 Å². The molecule has 6 nitrogen and oxygen atoms in total. The van der Waals surface area contributed by atoms with Crippen molar-refractivity contribution >= 4 is 11.8 Å². The summed E-state index contributed by atoms with van der Waals surface area (Å²) >= 11 is 1.58. The molecule has 1 heterocycles. The van der Waals surface area contributed by atoms with Gasteiger partial charge in [-0.2, -0.15) is 4.98 Å². The molecule has 0 aromatic carbocycles. The standard InChI is InChI=1S/C14H24N4O2S/c1-5-15-10-9(7-6-8-14(10,2)3)21-13-16-11(19)12(20)17-18(13)4/h9-10,15H,5-8H2,1-4H3,(H,17,20). The van der Waals surface area contributed by atoms with Crippen LogP contribution in [0.2, 0.25) is 0 Å². The fourth-order valence-electron chi connectivity index (χ4n) is 3.04. The largest absolute Gasteiger partial charge is 0.339 e. The lowest BCUT2D eigenvalue weighted by Gasteiger charge is -2.44. The molecule has 1 aliphatic rings. The fourth-order valence-corrected chi connectivity index (χ4v) is 4.54. The van der Waals surface area contributed by atoms with Crippen LogP contribution in [-0.2, 0) is 7.05 Å². The molecule has 118 valence electrons. The molecular weight excluding hydrogens is 288 g/mol. The van der Waals surface area contributed by atoms with Gasteiger partial charge in [0.15, 0.2) is 5.16 Å². The van der Waals surface area contributed by atoms with E-state index >= 15 is 0 Å². The lowest BCUT2D eigenvalue weighted by molar-refractivity contribution is 0.176. The maximum atomic E-state index is 11.5. The van der Waals surface area contributed by atoms with Gasteiger partial charge in [-0.25, -0.2) is 0 Å². The molecule has 0 radical (unpaired) electrons. The van der Waals surface area contributed by atoms with Crippen LogP contribution in [0.4, 0.5) is 0 Å². The van der Waals surface area contributed by atoms with E-state index in [1.807, 2.05) is 0 Å². The zero-order chi connectivity index (χ0) is 15.6. The summed E-state index contributed by atoms with van der Waals surface area (Å²) in [6.45, 7) is 7.60. The van der Waals surface area contributed by atoms with E-state index in [9.17, 15) is 9.59 Å². The van der Waals surface area contributed by atoms with Gasteiger partial charge in [0.25, 0.3) is 0 Å². The van der Waals surface area contributed by atoms with E-state index < -0.39 is 11.1 Å². The smallest absolute Gasteiger partial charge is 0.313 e. The van der Waals surface area contributed by atoms with Gasteiger partial charge in [0.2, 0.25) is 0 Å². The number of thioether (sulfide) groups is 1. The van der Waals surface area contributed by atoms with Gasteiger partial charge in [-0.15, -0.1) is 0 Å². The molecular formula is C14H24N4O2S. The molecule has 1 aromatic heterocycles. The van der Waals surface area contributed by atoms with E-state index in [-0.39, 0.29) is 5.41 Å². The maximum Gasteiger partial charge on any atom is 0.339 e. The molecule has 2 unspecified atom stereocenters. The Balaban J connectivity index is 2.26. The summed E-state index contributed by atoms with van der Waals surface area (Å²) in [5.41, 5.74) is -1.17. The minimum Gasteiger partial charge on any atom is -0.313 e. The Hall–Kier alpha value is -1.08. The van der Waals surface area contributed by atoms with E-state index in [4.69, 9.17) is 0 Å². The molecule has 0 amide bonds. The molecule has 2 atom stereocenters.